The van der Waals surface area contributed by atoms with Crippen molar-refractivity contribution in [3.05, 3.63) is 47.0 Å². The number of anilines is 1. The lowest BCUT2D eigenvalue weighted by Gasteiger charge is -2.09. The van der Waals surface area contributed by atoms with E-state index in [9.17, 15) is 4.79 Å². The van der Waals surface area contributed by atoms with Gasteiger partial charge in [0.2, 0.25) is 0 Å². The van der Waals surface area contributed by atoms with Gasteiger partial charge in [0.1, 0.15) is 5.75 Å². The third kappa shape index (κ3) is 3.27. The second-order valence-electron chi connectivity index (χ2n) is 6.16. The van der Waals surface area contributed by atoms with Crippen molar-refractivity contribution in [3.8, 4) is 5.75 Å². The summed E-state index contributed by atoms with van der Waals surface area (Å²) < 4.78 is 7.78. The molecule has 2 aromatic carbocycles. The summed E-state index contributed by atoms with van der Waals surface area (Å²) in [5, 5.41) is 4.50. The number of carbonyl (C=O) groups excluding carboxylic acids is 1. The fourth-order valence-corrected chi connectivity index (χ4v) is 4.67. The standard InChI is InChI=1S/C19H17N3O2S2/c1-10(2)24-13-6-4-12(5-7-13)18(23)22-19-21-15-9-8-14-16(17(15)26-19)25-11(3)20-14/h4-10H,1-3H3,(H,21,22,23). The molecule has 0 aliphatic carbocycles. The van der Waals surface area contributed by atoms with Crippen LogP contribution in [-0.4, -0.2) is 22.0 Å². The van der Waals surface area contributed by atoms with Crippen molar-refractivity contribution in [3.63, 3.8) is 0 Å². The van der Waals surface area contributed by atoms with Gasteiger partial charge in [-0.05, 0) is 57.2 Å². The Bertz CT molecular complexity index is 1100. The highest BCUT2D eigenvalue weighted by atomic mass is 32.1. The van der Waals surface area contributed by atoms with Crippen LogP contribution < -0.4 is 10.1 Å². The van der Waals surface area contributed by atoms with Crippen molar-refractivity contribution < 1.29 is 9.53 Å². The molecule has 132 valence electrons. The van der Waals surface area contributed by atoms with E-state index in [1.54, 1.807) is 35.6 Å². The summed E-state index contributed by atoms with van der Waals surface area (Å²) in [6.45, 7) is 5.93. The first-order valence-corrected chi connectivity index (χ1v) is 9.87. The molecule has 7 heteroatoms. The summed E-state index contributed by atoms with van der Waals surface area (Å²) >= 11 is 3.13. The topological polar surface area (TPSA) is 64.1 Å². The summed E-state index contributed by atoms with van der Waals surface area (Å²) in [7, 11) is 0. The fraction of sp³-hybridized carbons (Fsp3) is 0.211. The van der Waals surface area contributed by atoms with Gasteiger partial charge < -0.3 is 4.74 Å². The van der Waals surface area contributed by atoms with Gasteiger partial charge in [0, 0.05) is 5.56 Å². The summed E-state index contributed by atoms with van der Waals surface area (Å²) in [5.74, 6) is 0.566. The van der Waals surface area contributed by atoms with Crippen LogP contribution in [0.25, 0.3) is 20.4 Å². The minimum atomic E-state index is -0.183. The van der Waals surface area contributed by atoms with Gasteiger partial charge in [-0.15, -0.1) is 11.3 Å². The maximum absolute atomic E-state index is 12.5. The molecular formula is C19H17N3O2S2. The predicted octanol–water partition coefficient (Wildman–Crippen LogP) is 5.25. The Labute approximate surface area is 158 Å². The van der Waals surface area contributed by atoms with E-state index >= 15 is 0 Å². The largest absolute Gasteiger partial charge is 0.491 e. The first-order chi connectivity index (χ1) is 12.5. The van der Waals surface area contributed by atoms with Crippen LogP contribution in [0, 0.1) is 6.92 Å². The molecule has 0 aliphatic rings. The first kappa shape index (κ1) is 16.9. The number of hydrogen-bond donors (Lipinski definition) is 1. The average molecular weight is 383 g/mol. The Morgan fingerprint density at radius 3 is 2.35 bits per heavy atom. The van der Waals surface area contributed by atoms with Crippen molar-refractivity contribution in [2.75, 3.05) is 5.32 Å². The number of hydrogen-bond acceptors (Lipinski definition) is 6. The zero-order valence-corrected chi connectivity index (χ0v) is 16.2. The smallest absolute Gasteiger partial charge is 0.257 e. The first-order valence-electron chi connectivity index (χ1n) is 8.24. The van der Waals surface area contributed by atoms with Crippen LogP contribution in [0.2, 0.25) is 0 Å². The van der Waals surface area contributed by atoms with Crippen LogP contribution in [-0.2, 0) is 0 Å². The van der Waals surface area contributed by atoms with Gasteiger partial charge in [0.05, 0.1) is 31.5 Å². The van der Waals surface area contributed by atoms with Gasteiger partial charge in [-0.3, -0.25) is 10.1 Å². The molecule has 0 saturated heterocycles. The zero-order chi connectivity index (χ0) is 18.3. The van der Waals surface area contributed by atoms with E-state index in [0.717, 1.165) is 31.2 Å². The number of amides is 1. The second kappa shape index (κ2) is 6.66. The highest BCUT2D eigenvalue weighted by Crippen LogP contribution is 2.35. The normalized spacial score (nSPS) is 11.4. The number of nitrogens with zero attached hydrogens (tertiary/aromatic N) is 2. The average Bonchev–Trinajstić information content (AvgIpc) is 3.16. The van der Waals surface area contributed by atoms with Crippen LogP contribution >= 0.6 is 22.7 Å². The summed E-state index contributed by atoms with van der Waals surface area (Å²) in [6, 6.07) is 11.0. The van der Waals surface area contributed by atoms with Gasteiger partial charge in [0.25, 0.3) is 5.91 Å². The van der Waals surface area contributed by atoms with E-state index in [4.69, 9.17) is 4.74 Å². The summed E-state index contributed by atoms with van der Waals surface area (Å²) in [6.07, 6.45) is 0.102. The van der Waals surface area contributed by atoms with Crippen molar-refractivity contribution in [2.24, 2.45) is 0 Å². The maximum atomic E-state index is 12.5. The number of carbonyl (C=O) groups is 1. The van der Waals surface area contributed by atoms with Crippen LogP contribution in [0.3, 0.4) is 0 Å². The molecule has 1 amide bonds. The molecule has 0 saturated carbocycles. The third-order valence-corrected chi connectivity index (χ3v) is 5.87. The number of ether oxygens (including phenoxy) is 1. The Morgan fingerprint density at radius 2 is 1.65 bits per heavy atom. The molecule has 5 nitrogen and oxygen atoms in total. The molecule has 1 N–H and O–H groups in total. The highest BCUT2D eigenvalue weighted by Gasteiger charge is 2.13. The number of fused-ring (bicyclic) bond motifs is 3. The maximum Gasteiger partial charge on any atom is 0.257 e. The molecule has 2 aromatic heterocycles. The van der Waals surface area contributed by atoms with Crippen LogP contribution in [0.4, 0.5) is 5.13 Å². The highest BCUT2D eigenvalue weighted by molar-refractivity contribution is 7.28. The lowest BCUT2D eigenvalue weighted by molar-refractivity contribution is 0.102. The van der Waals surface area contributed by atoms with E-state index in [1.165, 1.54) is 11.3 Å². The minimum absolute atomic E-state index is 0.102. The van der Waals surface area contributed by atoms with Gasteiger partial charge >= 0.3 is 0 Å². The molecule has 2 heterocycles. The van der Waals surface area contributed by atoms with Gasteiger partial charge in [-0.1, -0.05) is 11.3 Å². The van der Waals surface area contributed by atoms with Crippen molar-refractivity contribution in [1.29, 1.82) is 0 Å². The number of aromatic nitrogens is 2. The lowest BCUT2D eigenvalue weighted by atomic mass is 10.2. The van der Waals surface area contributed by atoms with Gasteiger partial charge in [-0.2, -0.15) is 0 Å². The van der Waals surface area contributed by atoms with E-state index in [2.05, 4.69) is 15.3 Å². The molecule has 0 radical (unpaired) electrons. The van der Waals surface area contributed by atoms with E-state index in [0.29, 0.717) is 10.7 Å². The van der Waals surface area contributed by atoms with Crippen LogP contribution in [0.5, 0.6) is 5.75 Å². The molecule has 26 heavy (non-hydrogen) atoms. The van der Waals surface area contributed by atoms with Crippen molar-refractivity contribution in [2.45, 2.75) is 26.9 Å². The van der Waals surface area contributed by atoms with Gasteiger partial charge in [0.15, 0.2) is 5.13 Å². The molecule has 0 unspecified atom stereocenters. The lowest BCUT2D eigenvalue weighted by Crippen LogP contribution is -2.11. The molecule has 4 aromatic rings. The van der Waals surface area contributed by atoms with Crippen molar-refractivity contribution in [1.82, 2.24) is 9.97 Å². The van der Waals surface area contributed by atoms with Gasteiger partial charge in [-0.25, -0.2) is 9.97 Å². The van der Waals surface area contributed by atoms with Crippen LogP contribution in [0.1, 0.15) is 29.2 Å². The molecule has 0 fully saturated rings. The number of rotatable bonds is 4. The number of benzene rings is 2. The molecule has 4 rings (SSSR count). The van der Waals surface area contributed by atoms with E-state index in [1.807, 2.05) is 32.9 Å². The Hall–Kier alpha value is -2.51. The Balaban J connectivity index is 1.58. The molecule has 0 atom stereocenters. The molecular weight excluding hydrogens is 366 g/mol. The Morgan fingerprint density at radius 1 is 1.00 bits per heavy atom. The number of thiazole rings is 2. The molecule has 0 aliphatic heterocycles. The monoisotopic (exact) mass is 383 g/mol. The minimum Gasteiger partial charge on any atom is -0.491 e. The van der Waals surface area contributed by atoms with E-state index in [-0.39, 0.29) is 12.0 Å². The Kier molecular flexibility index (Phi) is 4.34. The third-order valence-electron chi connectivity index (χ3n) is 3.73. The summed E-state index contributed by atoms with van der Waals surface area (Å²) in [5.41, 5.74) is 2.42. The van der Waals surface area contributed by atoms with E-state index < -0.39 is 0 Å². The SMILES string of the molecule is Cc1nc2ccc3nc(NC(=O)c4ccc(OC(C)C)cc4)sc3c2s1. The zero-order valence-electron chi connectivity index (χ0n) is 14.6. The second-order valence-corrected chi connectivity index (χ2v) is 8.36. The molecule has 0 bridgehead atoms. The quantitative estimate of drug-likeness (QED) is 0.522. The fourth-order valence-electron chi connectivity index (χ4n) is 2.66. The van der Waals surface area contributed by atoms with Crippen LogP contribution in [0.15, 0.2) is 36.4 Å². The number of nitrogens with one attached hydrogen (secondary N) is 1. The summed E-state index contributed by atoms with van der Waals surface area (Å²) in [4.78, 5) is 21.5. The van der Waals surface area contributed by atoms with Crippen molar-refractivity contribution >= 4 is 54.1 Å². The predicted molar refractivity (Wildman–Crippen MR) is 108 cm³/mol. The number of aryl methyl sites for hydroxylation is 1. The molecule has 0 spiro atoms.